The summed E-state index contributed by atoms with van der Waals surface area (Å²) in [4.78, 5) is 24.3. The predicted molar refractivity (Wildman–Crippen MR) is 102 cm³/mol. The Morgan fingerprint density at radius 1 is 1.22 bits per heavy atom. The topological polar surface area (TPSA) is 82.5 Å². The zero-order valence-electron chi connectivity index (χ0n) is 16.1. The first kappa shape index (κ1) is 20.5. The predicted octanol–water partition coefficient (Wildman–Crippen LogP) is 3.12. The van der Waals surface area contributed by atoms with Crippen LogP contribution in [0.25, 0.3) is 5.69 Å². The number of methoxy groups -OCH3 is 1. The van der Waals surface area contributed by atoms with Crippen molar-refractivity contribution in [3.8, 4) is 11.4 Å². The van der Waals surface area contributed by atoms with Crippen LogP contribution in [0.5, 0.6) is 5.75 Å². The van der Waals surface area contributed by atoms with E-state index in [0.717, 1.165) is 31.4 Å². The number of carbonyl (C=O) groups excluding carboxylic acids is 2. The molecule has 0 saturated carbocycles. The van der Waals surface area contributed by atoms with Gasteiger partial charge in [-0.15, -0.1) is 0 Å². The lowest BCUT2D eigenvalue weighted by Gasteiger charge is -2.13. The number of nitrogens with one attached hydrogen (secondary N) is 1. The van der Waals surface area contributed by atoms with Crippen molar-refractivity contribution in [3.63, 3.8) is 0 Å². The molecule has 1 atom stereocenters. The molecule has 1 aromatic carbocycles. The van der Waals surface area contributed by atoms with Crippen molar-refractivity contribution in [3.05, 3.63) is 42.2 Å². The summed E-state index contributed by atoms with van der Waals surface area (Å²) in [7, 11) is 1.45. The molecular formula is C20H27N3O4. The number of ether oxygens (including phenoxy) is 2. The number of hydrogen-bond acceptors (Lipinski definition) is 5. The molecule has 0 aliphatic heterocycles. The maximum absolute atomic E-state index is 12.3. The van der Waals surface area contributed by atoms with Crippen LogP contribution in [0.3, 0.4) is 0 Å². The second-order valence-corrected chi connectivity index (χ2v) is 6.37. The van der Waals surface area contributed by atoms with E-state index in [1.165, 1.54) is 11.8 Å². The molecule has 1 amide bonds. The second-order valence-electron chi connectivity index (χ2n) is 6.37. The fourth-order valence-corrected chi connectivity index (χ4v) is 2.65. The van der Waals surface area contributed by atoms with Crippen LogP contribution in [0, 0.1) is 0 Å². The van der Waals surface area contributed by atoms with E-state index in [1.807, 2.05) is 37.3 Å². The molecule has 146 valence electrons. The van der Waals surface area contributed by atoms with Gasteiger partial charge in [0, 0.05) is 6.04 Å². The molecule has 1 heterocycles. The molecule has 2 aromatic rings. The fourth-order valence-electron chi connectivity index (χ4n) is 2.65. The fraction of sp³-hybridized carbons (Fsp3) is 0.450. The van der Waals surface area contributed by atoms with E-state index in [1.54, 1.807) is 6.20 Å². The number of nitrogens with zero attached hydrogens (tertiary/aromatic N) is 2. The molecule has 2 rings (SSSR count). The minimum atomic E-state index is -0.699. The van der Waals surface area contributed by atoms with Crippen molar-refractivity contribution in [1.29, 1.82) is 0 Å². The summed E-state index contributed by atoms with van der Waals surface area (Å²) >= 11 is 0. The first-order chi connectivity index (χ1) is 13.0. The van der Waals surface area contributed by atoms with Crippen molar-refractivity contribution in [2.45, 2.75) is 45.6 Å². The molecule has 7 nitrogen and oxygen atoms in total. The number of amides is 1. The van der Waals surface area contributed by atoms with E-state index >= 15 is 0 Å². The van der Waals surface area contributed by atoms with Crippen LogP contribution in [-0.2, 0) is 9.53 Å². The average molecular weight is 373 g/mol. The van der Waals surface area contributed by atoms with E-state index in [0.29, 0.717) is 0 Å². The Hall–Kier alpha value is -2.83. The summed E-state index contributed by atoms with van der Waals surface area (Å²) < 4.78 is 11.8. The summed E-state index contributed by atoms with van der Waals surface area (Å²) in [6.45, 7) is 3.73. The molecule has 0 unspecified atom stereocenters. The third kappa shape index (κ3) is 6.13. The van der Waals surface area contributed by atoms with Crippen molar-refractivity contribution < 1.29 is 19.1 Å². The summed E-state index contributed by atoms with van der Waals surface area (Å²) in [6, 6.07) is 9.39. The van der Waals surface area contributed by atoms with Gasteiger partial charge in [0.1, 0.15) is 0 Å². The van der Waals surface area contributed by atoms with Crippen LogP contribution < -0.4 is 10.1 Å². The third-order valence-electron chi connectivity index (χ3n) is 4.10. The maximum atomic E-state index is 12.3. The highest BCUT2D eigenvalue weighted by molar-refractivity contribution is 5.92. The maximum Gasteiger partial charge on any atom is 0.363 e. The Morgan fingerprint density at radius 2 is 1.96 bits per heavy atom. The molecule has 0 bridgehead atoms. The lowest BCUT2D eigenvalue weighted by molar-refractivity contribution is -0.124. The molecule has 0 spiro atoms. The number of hydrogen-bond donors (Lipinski definition) is 1. The Kier molecular flexibility index (Phi) is 7.85. The summed E-state index contributed by atoms with van der Waals surface area (Å²) in [5.41, 5.74) is 0.818. The van der Waals surface area contributed by atoms with Crippen LogP contribution in [0.15, 0.2) is 36.5 Å². The van der Waals surface area contributed by atoms with Crippen LogP contribution in [0.2, 0.25) is 0 Å². The van der Waals surface area contributed by atoms with Crippen molar-refractivity contribution >= 4 is 11.9 Å². The standard InChI is InChI=1S/C20H27N3O4/c1-4-5-7-10-15(2)21-18(24)14-27-20(25)19-17(26-3)13-23(22-19)16-11-8-6-9-12-16/h6,8-9,11-13,15H,4-5,7,10,14H2,1-3H3,(H,21,24)/t15-/m1/s1. The molecule has 0 fully saturated rings. The number of aromatic nitrogens is 2. The van der Waals surface area contributed by atoms with Gasteiger partial charge in [-0.25, -0.2) is 9.48 Å². The molecule has 27 heavy (non-hydrogen) atoms. The largest absolute Gasteiger partial charge is 0.493 e. The van der Waals surface area contributed by atoms with E-state index < -0.39 is 5.97 Å². The number of rotatable bonds is 10. The molecular weight excluding hydrogens is 346 g/mol. The highest BCUT2D eigenvalue weighted by Gasteiger charge is 2.21. The van der Waals surface area contributed by atoms with Gasteiger partial charge in [0.25, 0.3) is 5.91 Å². The summed E-state index contributed by atoms with van der Waals surface area (Å²) in [6.07, 6.45) is 5.84. The molecule has 0 aliphatic carbocycles. The number of benzene rings is 1. The van der Waals surface area contributed by atoms with Gasteiger partial charge in [-0.05, 0) is 25.5 Å². The quantitative estimate of drug-likeness (QED) is 0.511. The zero-order chi connectivity index (χ0) is 19.6. The summed E-state index contributed by atoms with van der Waals surface area (Å²) in [5.74, 6) is -0.735. The van der Waals surface area contributed by atoms with E-state index in [2.05, 4.69) is 17.3 Å². The first-order valence-corrected chi connectivity index (χ1v) is 9.20. The molecule has 1 aromatic heterocycles. The van der Waals surface area contributed by atoms with Gasteiger partial charge in [-0.1, -0.05) is 44.4 Å². The van der Waals surface area contributed by atoms with E-state index in [-0.39, 0.29) is 30.0 Å². The van der Waals surface area contributed by atoms with Crippen LogP contribution in [0.1, 0.15) is 50.0 Å². The van der Waals surface area contributed by atoms with Gasteiger partial charge in [0.2, 0.25) is 5.69 Å². The third-order valence-corrected chi connectivity index (χ3v) is 4.10. The lowest BCUT2D eigenvalue weighted by atomic mass is 10.1. The van der Waals surface area contributed by atoms with Crippen LogP contribution >= 0.6 is 0 Å². The van der Waals surface area contributed by atoms with Gasteiger partial charge in [-0.2, -0.15) is 5.10 Å². The summed E-state index contributed by atoms with van der Waals surface area (Å²) in [5, 5.41) is 7.06. The van der Waals surface area contributed by atoms with Gasteiger partial charge < -0.3 is 14.8 Å². The van der Waals surface area contributed by atoms with Crippen LogP contribution in [-0.4, -0.2) is 41.4 Å². The van der Waals surface area contributed by atoms with Gasteiger partial charge >= 0.3 is 5.97 Å². The lowest BCUT2D eigenvalue weighted by Crippen LogP contribution is -2.35. The number of unbranched alkanes of at least 4 members (excludes halogenated alkanes) is 2. The van der Waals surface area contributed by atoms with Crippen LogP contribution in [0.4, 0.5) is 0 Å². The Bertz CT molecular complexity index is 743. The Balaban J connectivity index is 1.92. The van der Waals surface area contributed by atoms with Gasteiger partial charge in [0.05, 0.1) is 19.0 Å². The SMILES string of the molecule is CCCCC[C@@H](C)NC(=O)COC(=O)c1nn(-c2ccccc2)cc1OC. The minimum absolute atomic E-state index is 0.0325. The van der Waals surface area contributed by atoms with Gasteiger partial charge in [-0.3, -0.25) is 4.79 Å². The monoisotopic (exact) mass is 373 g/mol. The van der Waals surface area contributed by atoms with E-state index in [4.69, 9.17) is 9.47 Å². The second kappa shape index (κ2) is 10.4. The Labute approximate surface area is 159 Å². The molecule has 0 radical (unpaired) electrons. The van der Waals surface area contributed by atoms with Crippen molar-refractivity contribution in [2.24, 2.45) is 0 Å². The molecule has 0 saturated heterocycles. The average Bonchev–Trinajstić information content (AvgIpc) is 3.11. The zero-order valence-corrected chi connectivity index (χ0v) is 16.1. The first-order valence-electron chi connectivity index (χ1n) is 9.20. The van der Waals surface area contributed by atoms with Crippen molar-refractivity contribution in [2.75, 3.05) is 13.7 Å². The highest BCUT2D eigenvalue weighted by atomic mass is 16.5. The number of carbonyl (C=O) groups is 2. The minimum Gasteiger partial charge on any atom is -0.493 e. The molecule has 1 N–H and O–H groups in total. The normalized spacial score (nSPS) is 11.7. The number of para-hydroxylation sites is 1. The molecule has 0 aliphatic rings. The van der Waals surface area contributed by atoms with E-state index in [9.17, 15) is 9.59 Å². The molecule has 7 heteroatoms. The van der Waals surface area contributed by atoms with Crippen molar-refractivity contribution in [1.82, 2.24) is 15.1 Å². The Morgan fingerprint density at radius 3 is 2.63 bits per heavy atom. The number of esters is 1. The highest BCUT2D eigenvalue weighted by Crippen LogP contribution is 2.20. The smallest absolute Gasteiger partial charge is 0.363 e. The van der Waals surface area contributed by atoms with Gasteiger partial charge in [0.15, 0.2) is 12.4 Å².